The fourth-order valence-corrected chi connectivity index (χ4v) is 5.78. The molecule has 1 aliphatic heterocycles. The lowest BCUT2D eigenvalue weighted by Crippen LogP contribution is -2.44. The Balaban J connectivity index is 1.48. The molecule has 156 valence electrons. The highest BCUT2D eigenvalue weighted by atomic mass is 32.2. The molecule has 29 heavy (non-hydrogen) atoms. The molecule has 0 aliphatic carbocycles. The van der Waals surface area contributed by atoms with Crippen LogP contribution in [0, 0.1) is 0 Å². The average Bonchev–Trinajstić information content (AvgIpc) is 3.28. The number of hydrogen-bond donors (Lipinski definition) is 3. The summed E-state index contributed by atoms with van der Waals surface area (Å²) in [6.45, 7) is 4.25. The standard InChI is InChI=1S/C19H24N4O3S3/c1-11(2)27-7-8-28-19-23-13-4-3-12(9-15(13)29-19)21-17(25)10-20-18(26)14-5-6-16(24)22-14/h3-4,9,11,14H,5-8,10H2,1-2H3,(H,20,26)(H,21,25)(H,22,24). The summed E-state index contributed by atoms with van der Waals surface area (Å²) in [6.07, 6.45) is 0.806. The second kappa shape index (κ2) is 10.3. The number of thiazole rings is 1. The van der Waals surface area contributed by atoms with Crippen LogP contribution in [0.25, 0.3) is 10.2 Å². The fourth-order valence-electron chi connectivity index (χ4n) is 2.76. The maximum Gasteiger partial charge on any atom is 0.243 e. The number of thioether (sulfide) groups is 2. The van der Waals surface area contributed by atoms with Gasteiger partial charge in [0.15, 0.2) is 4.34 Å². The molecule has 3 N–H and O–H groups in total. The molecule has 2 heterocycles. The van der Waals surface area contributed by atoms with Crippen molar-refractivity contribution in [2.45, 2.75) is 42.3 Å². The van der Waals surface area contributed by atoms with Gasteiger partial charge < -0.3 is 16.0 Å². The van der Waals surface area contributed by atoms with E-state index >= 15 is 0 Å². The number of carbonyl (C=O) groups excluding carboxylic acids is 3. The van der Waals surface area contributed by atoms with Gasteiger partial charge in [0, 0.05) is 23.6 Å². The van der Waals surface area contributed by atoms with E-state index in [-0.39, 0.29) is 24.3 Å². The van der Waals surface area contributed by atoms with Gasteiger partial charge in [-0.2, -0.15) is 11.8 Å². The maximum atomic E-state index is 12.1. The smallest absolute Gasteiger partial charge is 0.243 e. The third-order valence-corrected chi connectivity index (χ3v) is 7.68. The molecule has 3 amide bonds. The van der Waals surface area contributed by atoms with Crippen LogP contribution < -0.4 is 16.0 Å². The third-order valence-electron chi connectivity index (χ3n) is 4.15. The predicted molar refractivity (Wildman–Crippen MR) is 121 cm³/mol. The molecular weight excluding hydrogens is 428 g/mol. The number of hydrogen-bond acceptors (Lipinski definition) is 7. The molecule has 3 rings (SSSR count). The summed E-state index contributed by atoms with van der Waals surface area (Å²) < 4.78 is 2.04. The van der Waals surface area contributed by atoms with E-state index in [4.69, 9.17) is 0 Å². The van der Waals surface area contributed by atoms with E-state index < -0.39 is 6.04 Å². The molecule has 0 bridgehead atoms. The highest BCUT2D eigenvalue weighted by molar-refractivity contribution is 8.04. The highest BCUT2D eigenvalue weighted by Gasteiger charge is 2.27. The van der Waals surface area contributed by atoms with Gasteiger partial charge in [-0.25, -0.2) is 4.98 Å². The van der Waals surface area contributed by atoms with Crippen molar-refractivity contribution >= 4 is 68.5 Å². The summed E-state index contributed by atoms with van der Waals surface area (Å²) in [5.74, 6) is 1.33. The Morgan fingerprint density at radius 2 is 2.17 bits per heavy atom. The number of amides is 3. The zero-order valence-corrected chi connectivity index (χ0v) is 18.8. The van der Waals surface area contributed by atoms with Gasteiger partial charge in [0.05, 0.1) is 16.8 Å². The van der Waals surface area contributed by atoms with Crippen LogP contribution >= 0.6 is 34.9 Å². The van der Waals surface area contributed by atoms with Gasteiger partial charge in [0.2, 0.25) is 17.7 Å². The van der Waals surface area contributed by atoms with Crippen molar-refractivity contribution in [3.63, 3.8) is 0 Å². The second-order valence-corrected chi connectivity index (χ2v) is 10.9. The molecule has 1 aliphatic rings. The van der Waals surface area contributed by atoms with Crippen molar-refractivity contribution in [1.29, 1.82) is 0 Å². The number of carbonyl (C=O) groups is 3. The van der Waals surface area contributed by atoms with Crippen molar-refractivity contribution in [1.82, 2.24) is 15.6 Å². The molecule has 1 aromatic carbocycles. The molecule has 0 saturated carbocycles. The molecular formula is C19H24N4O3S3. The zero-order valence-electron chi connectivity index (χ0n) is 16.3. The van der Waals surface area contributed by atoms with Gasteiger partial charge in [0.25, 0.3) is 0 Å². The van der Waals surface area contributed by atoms with Crippen LogP contribution in [0.2, 0.25) is 0 Å². The minimum absolute atomic E-state index is 0.135. The lowest BCUT2D eigenvalue weighted by Gasteiger charge is -2.11. The van der Waals surface area contributed by atoms with Crippen LogP contribution in [0.1, 0.15) is 26.7 Å². The van der Waals surface area contributed by atoms with Crippen molar-refractivity contribution in [3.8, 4) is 0 Å². The summed E-state index contributed by atoms with van der Waals surface area (Å²) in [5, 5.41) is 8.57. The molecule has 2 aromatic rings. The minimum atomic E-state index is -0.543. The van der Waals surface area contributed by atoms with E-state index in [1.807, 2.05) is 30.0 Å². The average molecular weight is 453 g/mol. The molecule has 1 unspecified atom stereocenters. The number of benzene rings is 1. The van der Waals surface area contributed by atoms with Crippen LogP contribution in [0.4, 0.5) is 5.69 Å². The molecule has 1 saturated heterocycles. The summed E-state index contributed by atoms with van der Waals surface area (Å²) in [6, 6.07) is 5.05. The van der Waals surface area contributed by atoms with E-state index in [2.05, 4.69) is 34.8 Å². The number of rotatable bonds is 9. The van der Waals surface area contributed by atoms with E-state index in [9.17, 15) is 14.4 Å². The Morgan fingerprint density at radius 3 is 2.90 bits per heavy atom. The molecule has 1 atom stereocenters. The van der Waals surface area contributed by atoms with Crippen LogP contribution in [-0.4, -0.2) is 52.0 Å². The van der Waals surface area contributed by atoms with E-state index in [1.54, 1.807) is 23.1 Å². The first kappa shape index (κ1) is 21.9. The molecule has 10 heteroatoms. The zero-order chi connectivity index (χ0) is 20.8. The second-order valence-electron chi connectivity index (χ2n) is 6.86. The van der Waals surface area contributed by atoms with Gasteiger partial charge in [-0.3, -0.25) is 14.4 Å². The number of aromatic nitrogens is 1. The van der Waals surface area contributed by atoms with Crippen molar-refractivity contribution in [3.05, 3.63) is 18.2 Å². The molecule has 7 nitrogen and oxygen atoms in total. The van der Waals surface area contributed by atoms with Crippen molar-refractivity contribution < 1.29 is 14.4 Å². The summed E-state index contributed by atoms with van der Waals surface area (Å²) in [4.78, 5) is 39.9. The Bertz CT molecular complexity index is 900. The first-order valence-electron chi connectivity index (χ1n) is 9.42. The summed E-state index contributed by atoms with van der Waals surface area (Å²) >= 11 is 5.31. The number of nitrogens with zero attached hydrogens (tertiary/aromatic N) is 1. The van der Waals surface area contributed by atoms with Crippen molar-refractivity contribution in [2.75, 3.05) is 23.4 Å². The normalized spacial score (nSPS) is 16.2. The third kappa shape index (κ3) is 6.61. The Labute approximate surface area is 182 Å². The van der Waals surface area contributed by atoms with Crippen LogP contribution in [0.5, 0.6) is 0 Å². The van der Waals surface area contributed by atoms with Crippen LogP contribution in [0.15, 0.2) is 22.5 Å². The molecule has 0 radical (unpaired) electrons. The van der Waals surface area contributed by atoms with Gasteiger partial charge in [0.1, 0.15) is 6.04 Å². The van der Waals surface area contributed by atoms with Crippen LogP contribution in [0.3, 0.4) is 0 Å². The van der Waals surface area contributed by atoms with E-state index in [0.29, 0.717) is 23.8 Å². The van der Waals surface area contributed by atoms with Gasteiger partial charge >= 0.3 is 0 Å². The predicted octanol–water partition coefficient (Wildman–Crippen LogP) is 2.86. The Hall–Kier alpha value is -1.78. The molecule has 1 fully saturated rings. The number of fused-ring (bicyclic) bond motifs is 1. The Kier molecular flexibility index (Phi) is 7.79. The topological polar surface area (TPSA) is 100 Å². The minimum Gasteiger partial charge on any atom is -0.345 e. The van der Waals surface area contributed by atoms with Gasteiger partial charge in [-0.05, 0) is 29.9 Å². The van der Waals surface area contributed by atoms with E-state index in [0.717, 1.165) is 26.1 Å². The summed E-state index contributed by atoms with van der Waals surface area (Å²) in [5.41, 5.74) is 1.58. The van der Waals surface area contributed by atoms with Crippen molar-refractivity contribution in [2.24, 2.45) is 0 Å². The molecule has 1 aromatic heterocycles. The largest absolute Gasteiger partial charge is 0.345 e. The SMILES string of the molecule is CC(C)SCCSc1nc2ccc(NC(=O)CNC(=O)C3CCC(=O)N3)cc2s1. The first-order chi connectivity index (χ1) is 13.9. The lowest BCUT2D eigenvalue weighted by atomic mass is 10.2. The first-order valence-corrected chi connectivity index (χ1v) is 12.3. The monoisotopic (exact) mass is 452 g/mol. The maximum absolute atomic E-state index is 12.1. The van der Waals surface area contributed by atoms with E-state index in [1.165, 1.54) is 0 Å². The molecule has 0 spiro atoms. The number of nitrogens with one attached hydrogen (secondary N) is 3. The highest BCUT2D eigenvalue weighted by Crippen LogP contribution is 2.31. The number of anilines is 1. The van der Waals surface area contributed by atoms with Gasteiger partial charge in [-0.1, -0.05) is 25.6 Å². The fraction of sp³-hybridized carbons (Fsp3) is 0.474. The lowest BCUT2D eigenvalue weighted by molar-refractivity contribution is -0.127. The summed E-state index contributed by atoms with van der Waals surface area (Å²) in [7, 11) is 0. The van der Waals surface area contributed by atoms with Gasteiger partial charge in [-0.15, -0.1) is 11.3 Å². The quantitative estimate of drug-likeness (QED) is 0.400. The van der Waals surface area contributed by atoms with Crippen LogP contribution in [-0.2, 0) is 14.4 Å². The Morgan fingerprint density at radius 1 is 1.34 bits per heavy atom.